The second-order valence-corrected chi connectivity index (χ2v) is 5.80. The predicted molar refractivity (Wildman–Crippen MR) is 97.0 cm³/mol. The molecular weight excluding hydrogens is 275 g/mol. The average Bonchev–Trinajstić information content (AvgIpc) is 2.92. The Bertz CT molecular complexity index is 301. The molecule has 22 heavy (non-hydrogen) atoms. The van der Waals surface area contributed by atoms with Gasteiger partial charge in [0.25, 0.3) is 0 Å². The second-order valence-electron chi connectivity index (χ2n) is 5.80. The molecule has 0 spiro atoms. The van der Waals surface area contributed by atoms with Crippen LogP contribution in [0.3, 0.4) is 0 Å². The molecule has 0 amide bonds. The molecule has 0 saturated heterocycles. The fourth-order valence-electron chi connectivity index (χ4n) is 2.55. The van der Waals surface area contributed by atoms with E-state index in [1.165, 1.54) is 32.5 Å². The van der Waals surface area contributed by atoms with Crippen molar-refractivity contribution < 1.29 is 4.39 Å². The third-order valence-electron chi connectivity index (χ3n) is 3.99. The molecule has 2 rings (SSSR count). The number of rotatable bonds is 2. The third-order valence-corrected chi connectivity index (χ3v) is 3.99. The highest BCUT2D eigenvalue weighted by Crippen LogP contribution is 2.13. The van der Waals surface area contributed by atoms with E-state index in [2.05, 4.69) is 42.7 Å². The Morgan fingerprint density at radius 3 is 2.09 bits per heavy atom. The van der Waals surface area contributed by atoms with Crippen LogP contribution in [0.5, 0.6) is 0 Å². The van der Waals surface area contributed by atoms with E-state index in [-0.39, 0.29) is 5.83 Å². The smallest absolute Gasteiger partial charge is 0.0973 e. The Balaban J connectivity index is 0.000000366. The minimum Gasteiger partial charge on any atom is -0.303 e. The maximum absolute atomic E-state index is 12.7. The first kappa shape index (κ1) is 21.3. The molecule has 2 heterocycles. The van der Waals surface area contributed by atoms with E-state index in [4.69, 9.17) is 0 Å². The zero-order valence-electron chi connectivity index (χ0n) is 15.4. The third kappa shape index (κ3) is 10.1. The van der Waals surface area contributed by atoms with E-state index in [9.17, 15) is 4.39 Å². The fourth-order valence-corrected chi connectivity index (χ4v) is 2.55. The largest absolute Gasteiger partial charge is 0.303 e. The van der Waals surface area contributed by atoms with Crippen LogP contribution in [0.15, 0.2) is 24.1 Å². The van der Waals surface area contributed by atoms with Crippen molar-refractivity contribution in [3.8, 4) is 0 Å². The lowest BCUT2D eigenvalue weighted by Gasteiger charge is -2.23. The summed E-state index contributed by atoms with van der Waals surface area (Å²) in [4.78, 5) is 4.79. The van der Waals surface area contributed by atoms with Gasteiger partial charge in [-0.05, 0) is 39.7 Å². The zero-order chi connectivity index (χ0) is 16.8. The molecule has 0 N–H and O–H groups in total. The molecule has 2 nitrogen and oxygen atoms in total. The molecule has 0 aliphatic carbocycles. The van der Waals surface area contributed by atoms with Gasteiger partial charge in [0, 0.05) is 38.6 Å². The van der Waals surface area contributed by atoms with Crippen molar-refractivity contribution in [1.29, 1.82) is 0 Å². The molecule has 2 aliphatic heterocycles. The van der Waals surface area contributed by atoms with Gasteiger partial charge in [-0.2, -0.15) is 0 Å². The van der Waals surface area contributed by atoms with E-state index in [0.29, 0.717) is 12.5 Å². The van der Waals surface area contributed by atoms with Gasteiger partial charge in [0.1, 0.15) is 0 Å². The van der Waals surface area contributed by atoms with Crippen molar-refractivity contribution in [2.24, 2.45) is 0 Å². The van der Waals surface area contributed by atoms with Gasteiger partial charge in [-0.1, -0.05) is 39.0 Å². The number of hydrogen-bond donors (Lipinski definition) is 0. The van der Waals surface area contributed by atoms with Gasteiger partial charge < -0.3 is 9.80 Å². The topological polar surface area (TPSA) is 6.48 Å². The molecule has 0 unspecified atom stereocenters. The van der Waals surface area contributed by atoms with Crippen LogP contribution in [0.1, 0.15) is 60.3 Å². The first-order valence-corrected chi connectivity index (χ1v) is 9.09. The van der Waals surface area contributed by atoms with Gasteiger partial charge in [-0.25, -0.2) is 4.39 Å². The first-order valence-electron chi connectivity index (χ1n) is 9.09. The lowest BCUT2D eigenvalue weighted by molar-refractivity contribution is 0.230. The lowest BCUT2D eigenvalue weighted by atomic mass is 10.3. The van der Waals surface area contributed by atoms with E-state index in [0.717, 1.165) is 19.5 Å². The van der Waals surface area contributed by atoms with Crippen molar-refractivity contribution >= 4 is 0 Å². The van der Waals surface area contributed by atoms with Crippen LogP contribution in [-0.4, -0.2) is 48.6 Å². The number of hydrogen-bond acceptors (Lipinski definition) is 2. The van der Waals surface area contributed by atoms with Crippen molar-refractivity contribution in [3.05, 3.63) is 24.1 Å². The fraction of sp³-hybridized carbons (Fsp3) is 0.789. The highest BCUT2D eigenvalue weighted by Gasteiger charge is 2.12. The molecule has 0 aromatic carbocycles. The molecule has 2 aliphatic rings. The maximum Gasteiger partial charge on any atom is 0.0973 e. The summed E-state index contributed by atoms with van der Waals surface area (Å²) >= 11 is 0. The second kappa shape index (κ2) is 14.0. The van der Waals surface area contributed by atoms with Crippen LogP contribution in [0, 0.1) is 0 Å². The van der Waals surface area contributed by atoms with Crippen molar-refractivity contribution in [2.75, 3.05) is 32.7 Å². The molecule has 130 valence electrons. The molecule has 0 bridgehead atoms. The zero-order valence-corrected chi connectivity index (χ0v) is 15.4. The Labute approximate surface area is 138 Å². The monoisotopic (exact) mass is 312 g/mol. The number of nitrogens with zero attached hydrogens (tertiary/aromatic N) is 2. The summed E-state index contributed by atoms with van der Waals surface area (Å²) in [5, 5.41) is 0. The molecule has 0 radical (unpaired) electrons. The molecule has 0 fully saturated rings. The van der Waals surface area contributed by atoms with Crippen LogP contribution >= 0.6 is 0 Å². The Morgan fingerprint density at radius 1 is 1.00 bits per heavy atom. The summed E-state index contributed by atoms with van der Waals surface area (Å²) in [6.07, 6.45) is 10.2. The van der Waals surface area contributed by atoms with Crippen molar-refractivity contribution in [1.82, 2.24) is 9.80 Å². The summed E-state index contributed by atoms with van der Waals surface area (Å²) in [6.45, 7) is 16.1. The van der Waals surface area contributed by atoms with Gasteiger partial charge in [-0.3, -0.25) is 0 Å². The summed E-state index contributed by atoms with van der Waals surface area (Å²) in [6, 6.07) is 0.550. The van der Waals surface area contributed by atoms with E-state index in [1.807, 2.05) is 13.8 Å². The van der Waals surface area contributed by atoms with Gasteiger partial charge in [0.15, 0.2) is 0 Å². The van der Waals surface area contributed by atoms with Gasteiger partial charge in [0.05, 0.1) is 5.83 Å². The van der Waals surface area contributed by atoms with Crippen molar-refractivity contribution in [2.45, 2.75) is 66.3 Å². The molecule has 0 aromatic rings. The summed E-state index contributed by atoms with van der Waals surface area (Å²) in [7, 11) is 0. The van der Waals surface area contributed by atoms with Crippen LogP contribution in [0.25, 0.3) is 0 Å². The van der Waals surface area contributed by atoms with Crippen molar-refractivity contribution in [3.63, 3.8) is 0 Å². The molecule has 3 heteroatoms. The SMILES string of the molecule is CC.CC(C)N1CCC=C(F)CC1.CCN1CCC=CCC1. The van der Waals surface area contributed by atoms with Crippen LogP contribution in [0.4, 0.5) is 4.39 Å². The van der Waals surface area contributed by atoms with Gasteiger partial charge >= 0.3 is 0 Å². The highest BCUT2D eigenvalue weighted by molar-refractivity contribution is 4.95. The molecule has 0 saturated carbocycles. The summed E-state index contributed by atoms with van der Waals surface area (Å²) in [5.41, 5.74) is 0. The Hall–Kier alpha value is -0.670. The minimum atomic E-state index is 0.0631. The van der Waals surface area contributed by atoms with Crippen LogP contribution in [-0.2, 0) is 0 Å². The van der Waals surface area contributed by atoms with Gasteiger partial charge in [0.2, 0.25) is 0 Å². The lowest BCUT2D eigenvalue weighted by Crippen LogP contribution is -2.31. The predicted octanol–water partition coefficient (Wildman–Crippen LogP) is 5.03. The highest BCUT2D eigenvalue weighted by atomic mass is 19.1. The Kier molecular flexibility index (Phi) is 13.5. The summed E-state index contributed by atoms with van der Waals surface area (Å²) < 4.78 is 12.7. The quantitative estimate of drug-likeness (QED) is 0.660. The number of halogens is 1. The maximum atomic E-state index is 12.7. The first-order chi connectivity index (χ1) is 10.6. The minimum absolute atomic E-state index is 0.0631. The normalized spacial score (nSPS) is 20.0. The average molecular weight is 313 g/mol. The van der Waals surface area contributed by atoms with Crippen LogP contribution in [0.2, 0.25) is 0 Å². The standard InChI is InChI=1S/C9H16FN.C8H15N.C2H6/c1-8(2)11-6-3-4-9(10)5-7-11;1-2-9-7-5-3-4-6-8-9;1-2/h4,8H,3,5-7H2,1-2H3;3-4H,2,5-8H2,1H3;1-2H3. The molecular formula is C19H37FN2. The van der Waals surface area contributed by atoms with E-state index >= 15 is 0 Å². The summed E-state index contributed by atoms with van der Waals surface area (Å²) in [5.74, 6) is 0.0631. The van der Waals surface area contributed by atoms with E-state index in [1.54, 1.807) is 6.08 Å². The van der Waals surface area contributed by atoms with Crippen LogP contribution < -0.4 is 0 Å². The molecule has 0 aromatic heterocycles. The Morgan fingerprint density at radius 2 is 1.59 bits per heavy atom. The molecule has 0 atom stereocenters. The van der Waals surface area contributed by atoms with E-state index < -0.39 is 0 Å². The van der Waals surface area contributed by atoms with Gasteiger partial charge in [-0.15, -0.1) is 0 Å².